The zero-order valence-corrected chi connectivity index (χ0v) is 14.4. The second-order valence-corrected chi connectivity index (χ2v) is 6.65. The van der Waals surface area contributed by atoms with Gasteiger partial charge >= 0.3 is 6.18 Å². The Morgan fingerprint density at radius 2 is 1.77 bits per heavy atom. The number of rotatable bonds is 5. The molecule has 1 N–H and O–H groups in total. The first-order valence-corrected chi connectivity index (χ1v) is 8.75. The molecule has 2 aromatic rings. The second kappa shape index (κ2) is 8.06. The van der Waals surface area contributed by atoms with Gasteiger partial charge in [0.25, 0.3) is 0 Å². The average Bonchev–Trinajstić information content (AvgIpc) is 3.08. The molecule has 0 saturated carbocycles. The van der Waals surface area contributed by atoms with Crippen LogP contribution in [0.25, 0.3) is 12.2 Å². The molecule has 0 aliphatic carbocycles. The van der Waals surface area contributed by atoms with Gasteiger partial charge < -0.3 is 5.11 Å². The van der Waals surface area contributed by atoms with Crippen LogP contribution < -0.4 is 0 Å². The van der Waals surface area contributed by atoms with Gasteiger partial charge in [0.2, 0.25) is 0 Å². The van der Waals surface area contributed by atoms with E-state index in [1.54, 1.807) is 12.1 Å². The fraction of sp³-hybridized carbons (Fsp3) is 0.333. The van der Waals surface area contributed by atoms with Crippen molar-refractivity contribution in [1.82, 2.24) is 4.90 Å². The molecule has 3 rings (SSSR count). The average molecular weight is 361 g/mol. The van der Waals surface area contributed by atoms with Crippen LogP contribution in [0, 0.1) is 0 Å². The van der Waals surface area contributed by atoms with Gasteiger partial charge in [0, 0.05) is 12.6 Å². The van der Waals surface area contributed by atoms with Crippen LogP contribution in [0.5, 0.6) is 0 Å². The molecule has 1 fully saturated rings. The van der Waals surface area contributed by atoms with Crippen LogP contribution in [0.15, 0.2) is 48.5 Å². The van der Waals surface area contributed by atoms with E-state index in [1.165, 1.54) is 11.6 Å². The van der Waals surface area contributed by atoms with Gasteiger partial charge in [0.15, 0.2) is 0 Å². The molecule has 1 saturated heterocycles. The molecule has 0 aromatic heterocycles. The Hall–Kier alpha value is -2.11. The van der Waals surface area contributed by atoms with Crippen molar-refractivity contribution in [2.75, 3.05) is 13.2 Å². The molecule has 5 heteroatoms. The number of benzene rings is 2. The second-order valence-electron chi connectivity index (χ2n) is 6.65. The number of aliphatic hydroxyl groups is 1. The van der Waals surface area contributed by atoms with E-state index < -0.39 is 11.7 Å². The molecular weight excluding hydrogens is 339 g/mol. The summed E-state index contributed by atoms with van der Waals surface area (Å²) >= 11 is 0. The number of likely N-dealkylation sites (tertiary alicyclic amines) is 1. The number of hydrogen-bond donors (Lipinski definition) is 1. The molecule has 1 atom stereocenters. The van der Waals surface area contributed by atoms with Crippen LogP contribution in [0.3, 0.4) is 0 Å². The van der Waals surface area contributed by atoms with E-state index in [9.17, 15) is 18.3 Å². The summed E-state index contributed by atoms with van der Waals surface area (Å²) in [6, 6.07) is 13.5. The number of hydrogen-bond acceptors (Lipinski definition) is 2. The summed E-state index contributed by atoms with van der Waals surface area (Å²) in [6.45, 7) is 2.00. The topological polar surface area (TPSA) is 23.5 Å². The zero-order valence-electron chi connectivity index (χ0n) is 14.4. The normalized spacial score (nSPS) is 18.7. The smallest absolute Gasteiger partial charge is 0.395 e. The Balaban J connectivity index is 1.65. The van der Waals surface area contributed by atoms with E-state index in [4.69, 9.17) is 0 Å². The van der Waals surface area contributed by atoms with Crippen LogP contribution in [-0.4, -0.2) is 29.2 Å². The van der Waals surface area contributed by atoms with Crippen molar-refractivity contribution in [2.24, 2.45) is 0 Å². The van der Waals surface area contributed by atoms with Gasteiger partial charge in [0.1, 0.15) is 0 Å². The van der Waals surface area contributed by atoms with Crippen molar-refractivity contribution in [3.63, 3.8) is 0 Å². The van der Waals surface area contributed by atoms with Crippen molar-refractivity contribution in [2.45, 2.75) is 31.6 Å². The highest BCUT2D eigenvalue weighted by atomic mass is 19.4. The third-order valence-corrected chi connectivity index (χ3v) is 4.76. The summed E-state index contributed by atoms with van der Waals surface area (Å²) in [4.78, 5) is 2.29. The molecule has 138 valence electrons. The maximum Gasteiger partial charge on any atom is 0.416 e. The Bertz CT molecular complexity index is 753. The molecule has 0 unspecified atom stereocenters. The first-order chi connectivity index (χ1) is 12.5. The van der Waals surface area contributed by atoms with Crippen LogP contribution in [0.2, 0.25) is 0 Å². The quantitative estimate of drug-likeness (QED) is 0.771. The van der Waals surface area contributed by atoms with Gasteiger partial charge in [-0.1, -0.05) is 48.6 Å². The number of nitrogens with zero attached hydrogens (tertiary/aromatic N) is 1. The highest BCUT2D eigenvalue weighted by molar-refractivity contribution is 5.70. The molecule has 0 spiro atoms. The molecule has 1 heterocycles. The maximum atomic E-state index is 12.8. The van der Waals surface area contributed by atoms with Crippen molar-refractivity contribution in [1.29, 1.82) is 0 Å². The molecule has 0 amide bonds. The third kappa shape index (κ3) is 4.74. The largest absolute Gasteiger partial charge is 0.416 e. The van der Waals surface area contributed by atoms with E-state index in [0.717, 1.165) is 43.6 Å². The SMILES string of the molecule is OC[C@H]1CCCN1Cc1ccc(/C=C/c2cccc(C(F)(F)F)c2)cc1. The predicted molar refractivity (Wildman–Crippen MR) is 97.3 cm³/mol. The van der Waals surface area contributed by atoms with E-state index in [0.29, 0.717) is 5.56 Å². The molecule has 0 bridgehead atoms. The van der Waals surface area contributed by atoms with Crippen molar-refractivity contribution < 1.29 is 18.3 Å². The number of alkyl halides is 3. The molecule has 1 aliphatic heterocycles. The summed E-state index contributed by atoms with van der Waals surface area (Å²) in [5.74, 6) is 0. The minimum Gasteiger partial charge on any atom is -0.395 e. The minimum atomic E-state index is -4.33. The van der Waals surface area contributed by atoms with Crippen molar-refractivity contribution >= 4 is 12.2 Å². The number of halogens is 3. The van der Waals surface area contributed by atoms with Gasteiger partial charge in [0.05, 0.1) is 12.2 Å². The van der Waals surface area contributed by atoms with Crippen LogP contribution in [-0.2, 0) is 12.7 Å². The Labute approximate surface area is 151 Å². The van der Waals surface area contributed by atoms with E-state index in [-0.39, 0.29) is 12.6 Å². The lowest BCUT2D eigenvalue weighted by molar-refractivity contribution is -0.137. The molecule has 1 aliphatic rings. The number of aliphatic hydroxyl groups excluding tert-OH is 1. The van der Waals surface area contributed by atoms with Gasteiger partial charge in [-0.15, -0.1) is 0 Å². The van der Waals surface area contributed by atoms with Crippen LogP contribution >= 0.6 is 0 Å². The predicted octanol–water partition coefficient (Wildman–Crippen LogP) is 4.83. The van der Waals surface area contributed by atoms with E-state index in [2.05, 4.69) is 4.90 Å². The molecular formula is C21H22F3NO. The summed E-state index contributed by atoms with van der Waals surface area (Å²) < 4.78 is 38.3. The standard InChI is InChI=1S/C21H22F3NO/c22-21(23,24)19-4-1-3-17(13-19)9-6-16-7-10-18(11-8-16)14-25-12-2-5-20(25)15-26/h1,3-4,6-11,13,20,26H,2,5,12,14-15H2/b9-6+/t20-/m1/s1. The van der Waals surface area contributed by atoms with Crippen molar-refractivity contribution in [3.8, 4) is 0 Å². The van der Waals surface area contributed by atoms with Gasteiger partial charge in [-0.25, -0.2) is 0 Å². The first-order valence-electron chi connectivity index (χ1n) is 8.75. The molecule has 26 heavy (non-hydrogen) atoms. The first kappa shape index (κ1) is 18.7. The van der Waals surface area contributed by atoms with Gasteiger partial charge in [-0.05, 0) is 48.2 Å². The third-order valence-electron chi connectivity index (χ3n) is 4.76. The lowest BCUT2D eigenvalue weighted by atomic mass is 10.1. The highest BCUT2D eigenvalue weighted by Crippen LogP contribution is 2.30. The summed E-state index contributed by atoms with van der Waals surface area (Å²) in [7, 11) is 0. The lowest BCUT2D eigenvalue weighted by Gasteiger charge is -2.22. The minimum absolute atomic E-state index is 0.192. The highest BCUT2D eigenvalue weighted by Gasteiger charge is 2.30. The molecule has 2 nitrogen and oxygen atoms in total. The van der Waals surface area contributed by atoms with Crippen molar-refractivity contribution in [3.05, 3.63) is 70.8 Å². The summed E-state index contributed by atoms with van der Waals surface area (Å²) in [5.41, 5.74) is 1.98. The van der Waals surface area contributed by atoms with E-state index >= 15 is 0 Å². The van der Waals surface area contributed by atoms with E-state index in [1.807, 2.05) is 30.3 Å². The Morgan fingerprint density at radius 1 is 1.04 bits per heavy atom. The Morgan fingerprint density at radius 3 is 2.46 bits per heavy atom. The molecule has 0 radical (unpaired) electrons. The Kier molecular flexibility index (Phi) is 5.79. The molecule has 2 aromatic carbocycles. The fourth-order valence-electron chi connectivity index (χ4n) is 3.29. The fourth-order valence-corrected chi connectivity index (χ4v) is 3.29. The van der Waals surface area contributed by atoms with Crippen LogP contribution in [0.4, 0.5) is 13.2 Å². The summed E-state index contributed by atoms with van der Waals surface area (Å²) in [5, 5.41) is 9.39. The van der Waals surface area contributed by atoms with Gasteiger partial charge in [-0.2, -0.15) is 13.2 Å². The van der Waals surface area contributed by atoms with Crippen LogP contribution in [0.1, 0.15) is 35.1 Å². The maximum absolute atomic E-state index is 12.8. The van der Waals surface area contributed by atoms with Gasteiger partial charge in [-0.3, -0.25) is 4.90 Å². The monoisotopic (exact) mass is 361 g/mol. The summed E-state index contributed by atoms with van der Waals surface area (Å²) in [6.07, 6.45) is 1.32. The lowest BCUT2D eigenvalue weighted by Crippen LogP contribution is -2.31. The zero-order chi connectivity index (χ0) is 18.6.